The molecule has 0 saturated carbocycles. The van der Waals surface area contributed by atoms with Gasteiger partial charge in [-0.1, -0.05) is 18.9 Å². The number of hydrogen-bond acceptors (Lipinski definition) is 3. The molecular formula is C16H22N2S. The first-order valence-corrected chi connectivity index (χ1v) is 7.84. The number of rotatable bonds is 8. The van der Waals surface area contributed by atoms with Crippen LogP contribution in [-0.4, -0.2) is 12.0 Å². The Morgan fingerprint density at radius 3 is 3.11 bits per heavy atom. The first-order chi connectivity index (χ1) is 9.35. The Hall–Kier alpha value is -1.19. The maximum Gasteiger partial charge on any atom is 0.0809 e. The Kier molecular flexibility index (Phi) is 5.55. The van der Waals surface area contributed by atoms with Gasteiger partial charge >= 0.3 is 0 Å². The van der Waals surface area contributed by atoms with E-state index < -0.39 is 0 Å². The van der Waals surface area contributed by atoms with Crippen LogP contribution >= 0.6 is 11.3 Å². The summed E-state index contributed by atoms with van der Waals surface area (Å²) >= 11 is 1.76. The molecular weight excluding hydrogens is 252 g/mol. The molecule has 1 N–H and O–H groups in total. The lowest BCUT2D eigenvalue weighted by atomic mass is 10.0. The van der Waals surface area contributed by atoms with Crippen LogP contribution < -0.4 is 5.32 Å². The molecule has 2 aromatic heterocycles. The summed E-state index contributed by atoms with van der Waals surface area (Å²) in [6.45, 7) is 3.76. The fourth-order valence-corrected chi connectivity index (χ4v) is 3.13. The number of unbranched alkanes of at least 4 members (excludes halogenated alkanes) is 3. The summed E-state index contributed by atoms with van der Waals surface area (Å²) in [5.74, 6) is 0. The van der Waals surface area contributed by atoms with Crippen molar-refractivity contribution in [1.29, 1.82) is 0 Å². The van der Waals surface area contributed by atoms with Gasteiger partial charge < -0.3 is 5.32 Å². The number of fused-ring (bicyclic) bond motifs is 1. The van der Waals surface area contributed by atoms with Gasteiger partial charge in [0.2, 0.25) is 0 Å². The molecule has 2 nitrogen and oxygen atoms in total. The first kappa shape index (κ1) is 14.2. The Bertz CT molecular complexity index is 518. The van der Waals surface area contributed by atoms with Gasteiger partial charge in [-0.25, -0.2) is 0 Å². The summed E-state index contributed by atoms with van der Waals surface area (Å²) < 4.78 is 1.28. The van der Waals surface area contributed by atoms with Gasteiger partial charge in [0.25, 0.3) is 0 Å². The van der Waals surface area contributed by atoms with Gasteiger partial charge in [-0.15, -0.1) is 17.9 Å². The summed E-state index contributed by atoms with van der Waals surface area (Å²) in [6.07, 6.45) is 10.1. The molecule has 2 heterocycles. The minimum absolute atomic E-state index is 0.419. The third-order valence-corrected chi connectivity index (χ3v) is 4.33. The fraction of sp³-hybridized carbons (Fsp3) is 0.438. The molecule has 0 fully saturated rings. The fourth-order valence-electron chi connectivity index (χ4n) is 2.34. The molecule has 19 heavy (non-hydrogen) atoms. The lowest BCUT2D eigenvalue weighted by Crippen LogP contribution is -2.16. The number of hydrogen-bond donors (Lipinski definition) is 1. The molecule has 1 atom stereocenters. The molecule has 0 bridgehead atoms. The minimum Gasteiger partial charge on any atom is -0.313 e. The quantitative estimate of drug-likeness (QED) is 0.558. The second kappa shape index (κ2) is 7.41. The van der Waals surface area contributed by atoms with Crippen molar-refractivity contribution in [3.63, 3.8) is 0 Å². The molecule has 2 aromatic rings. The van der Waals surface area contributed by atoms with E-state index in [4.69, 9.17) is 0 Å². The van der Waals surface area contributed by atoms with E-state index in [0.29, 0.717) is 6.04 Å². The molecule has 102 valence electrons. The maximum absolute atomic E-state index is 4.52. The monoisotopic (exact) mass is 274 g/mol. The van der Waals surface area contributed by atoms with Crippen LogP contribution in [-0.2, 0) is 0 Å². The molecule has 0 aliphatic heterocycles. The van der Waals surface area contributed by atoms with Crippen molar-refractivity contribution < 1.29 is 0 Å². The number of nitrogens with zero attached hydrogens (tertiary/aromatic N) is 1. The van der Waals surface area contributed by atoms with E-state index in [1.165, 1.54) is 35.9 Å². The highest BCUT2D eigenvalue weighted by atomic mass is 32.1. The molecule has 1 unspecified atom stereocenters. The molecule has 0 spiro atoms. The molecule has 0 aromatic carbocycles. The second-order valence-corrected chi connectivity index (χ2v) is 5.79. The van der Waals surface area contributed by atoms with E-state index in [-0.39, 0.29) is 0 Å². The van der Waals surface area contributed by atoms with Crippen LogP contribution in [0.2, 0.25) is 0 Å². The van der Waals surface area contributed by atoms with E-state index in [9.17, 15) is 0 Å². The molecule has 2 rings (SSSR count). The summed E-state index contributed by atoms with van der Waals surface area (Å²) in [7, 11) is 2.03. The molecule has 0 amide bonds. The summed E-state index contributed by atoms with van der Waals surface area (Å²) in [4.78, 5) is 4.52. The van der Waals surface area contributed by atoms with E-state index in [1.54, 1.807) is 11.3 Å². The molecule has 3 heteroatoms. The first-order valence-electron chi connectivity index (χ1n) is 6.96. The van der Waals surface area contributed by atoms with Gasteiger partial charge in [-0.2, -0.15) is 0 Å². The van der Waals surface area contributed by atoms with Crippen molar-refractivity contribution in [2.45, 2.75) is 38.1 Å². The summed E-state index contributed by atoms with van der Waals surface area (Å²) in [5.41, 5.74) is 2.41. The highest BCUT2D eigenvalue weighted by molar-refractivity contribution is 7.17. The van der Waals surface area contributed by atoms with Crippen molar-refractivity contribution in [2.75, 3.05) is 7.05 Å². The normalized spacial score (nSPS) is 12.7. The Morgan fingerprint density at radius 2 is 2.32 bits per heavy atom. The number of aromatic nitrogens is 1. The lowest BCUT2D eigenvalue weighted by Gasteiger charge is -2.16. The highest BCUT2D eigenvalue weighted by Crippen LogP contribution is 2.25. The van der Waals surface area contributed by atoms with E-state index in [1.807, 2.05) is 19.3 Å². The predicted molar refractivity (Wildman–Crippen MR) is 84.7 cm³/mol. The van der Waals surface area contributed by atoms with Gasteiger partial charge in [-0.05, 0) is 49.4 Å². The van der Waals surface area contributed by atoms with Crippen molar-refractivity contribution >= 4 is 21.6 Å². The standard InChI is InChI=1S/C16H22N2S/c1-3-4-5-6-7-8-14(17-2)13-11-16-15(18-12-13)9-10-19-16/h3,9-12,14,17H,1,4-8H2,2H3. The predicted octanol–water partition coefficient (Wildman–Crippen LogP) is 4.69. The minimum atomic E-state index is 0.419. The van der Waals surface area contributed by atoms with Crippen molar-refractivity contribution in [2.24, 2.45) is 0 Å². The van der Waals surface area contributed by atoms with Crippen molar-refractivity contribution in [1.82, 2.24) is 10.3 Å². The van der Waals surface area contributed by atoms with Crippen LogP contribution in [0.4, 0.5) is 0 Å². The smallest absolute Gasteiger partial charge is 0.0809 e. The van der Waals surface area contributed by atoms with Crippen LogP contribution in [0.5, 0.6) is 0 Å². The van der Waals surface area contributed by atoms with Gasteiger partial charge in [0.15, 0.2) is 0 Å². The van der Waals surface area contributed by atoms with Crippen LogP contribution in [0, 0.1) is 0 Å². The Balaban J connectivity index is 1.94. The van der Waals surface area contributed by atoms with Crippen LogP contribution in [0.15, 0.2) is 36.4 Å². The average molecular weight is 274 g/mol. The van der Waals surface area contributed by atoms with Crippen LogP contribution in [0.1, 0.15) is 43.7 Å². The van der Waals surface area contributed by atoms with Gasteiger partial charge in [-0.3, -0.25) is 4.98 Å². The molecule has 0 saturated heterocycles. The average Bonchev–Trinajstić information content (AvgIpc) is 2.90. The maximum atomic E-state index is 4.52. The second-order valence-electron chi connectivity index (χ2n) is 4.84. The summed E-state index contributed by atoms with van der Waals surface area (Å²) in [5, 5.41) is 5.51. The zero-order chi connectivity index (χ0) is 13.5. The lowest BCUT2D eigenvalue weighted by molar-refractivity contribution is 0.507. The Labute approximate surface area is 119 Å². The van der Waals surface area contributed by atoms with Crippen molar-refractivity contribution in [3.8, 4) is 0 Å². The van der Waals surface area contributed by atoms with E-state index in [0.717, 1.165) is 11.9 Å². The van der Waals surface area contributed by atoms with E-state index >= 15 is 0 Å². The molecule has 0 aliphatic rings. The Morgan fingerprint density at radius 1 is 1.42 bits per heavy atom. The van der Waals surface area contributed by atoms with Crippen LogP contribution in [0.25, 0.3) is 10.2 Å². The van der Waals surface area contributed by atoms with Crippen molar-refractivity contribution in [3.05, 3.63) is 41.9 Å². The zero-order valence-corrected chi connectivity index (χ0v) is 12.4. The third-order valence-electron chi connectivity index (χ3n) is 3.48. The van der Waals surface area contributed by atoms with Gasteiger partial charge in [0.05, 0.1) is 10.2 Å². The number of nitrogens with one attached hydrogen (secondary N) is 1. The number of thiophene rings is 1. The summed E-state index contributed by atoms with van der Waals surface area (Å²) in [6, 6.07) is 4.77. The molecule has 0 aliphatic carbocycles. The van der Waals surface area contributed by atoms with E-state index in [2.05, 4.69) is 34.4 Å². The molecule has 0 radical (unpaired) electrons. The highest BCUT2D eigenvalue weighted by Gasteiger charge is 2.10. The number of pyridine rings is 1. The zero-order valence-electron chi connectivity index (χ0n) is 11.6. The third kappa shape index (κ3) is 3.88. The number of allylic oxidation sites excluding steroid dienone is 1. The van der Waals surface area contributed by atoms with Gasteiger partial charge in [0, 0.05) is 12.2 Å². The SMILES string of the molecule is C=CCCCCCC(NC)c1cnc2ccsc2c1. The largest absolute Gasteiger partial charge is 0.313 e. The van der Waals surface area contributed by atoms with Gasteiger partial charge in [0.1, 0.15) is 0 Å². The van der Waals surface area contributed by atoms with Crippen LogP contribution in [0.3, 0.4) is 0 Å². The topological polar surface area (TPSA) is 24.9 Å².